The average Bonchev–Trinajstić information content (AvgIpc) is 3.18. The van der Waals surface area contributed by atoms with Gasteiger partial charge in [-0.15, -0.1) is 0 Å². The van der Waals surface area contributed by atoms with E-state index in [1.54, 1.807) is 18.2 Å². The number of hydrogen-bond acceptors (Lipinski definition) is 9. The summed E-state index contributed by atoms with van der Waals surface area (Å²) < 4.78 is 41.3. The predicted octanol–water partition coefficient (Wildman–Crippen LogP) is 3.80. The molecule has 0 bridgehead atoms. The fourth-order valence-corrected chi connectivity index (χ4v) is 2.86. The van der Waals surface area contributed by atoms with Gasteiger partial charge < -0.3 is 19.9 Å². The van der Waals surface area contributed by atoms with Gasteiger partial charge in [0.15, 0.2) is 11.4 Å². The molecule has 4 aromatic rings. The van der Waals surface area contributed by atoms with Gasteiger partial charge in [-0.25, -0.2) is 14.6 Å². The van der Waals surface area contributed by atoms with Crippen LogP contribution in [0.1, 0.15) is 10.4 Å². The molecule has 1 amide bonds. The SMILES string of the molecule is O=C(NOC(=O)C(F)(F)F)c1ccc(Nc2ncc(Cl)c(Nc3ccc4oc(=O)[nH]c4c3)n2)cc1. The lowest BCUT2D eigenvalue weighted by Gasteiger charge is -2.11. The molecule has 15 heteroatoms. The fourth-order valence-electron chi connectivity index (χ4n) is 2.73. The third-order valence-corrected chi connectivity index (χ3v) is 4.57. The van der Waals surface area contributed by atoms with E-state index in [4.69, 9.17) is 16.0 Å². The summed E-state index contributed by atoms with van der Waals surface area (Å²) in [4.78, 5) is 48.4. The Kier molecular flexibility index (Phi) is 6.29. The molecule has 4 N–H and O–H groups in total. The molecule has 0 radical (unpaired) electrons. The van der Waals surface area contributed by atoms with E-state index in [2.05, 4.69) is 30.4 Å². The Bertz CT molecular complexity index is 1470. The van der Waals surface area contributed by atoms with E-state index >= 15 is 0 Å². The maximum Gasteiger partial charge on any atom is 0.493 e. The molecular formula is C20H12ClF3N6O5. The molecule has 0 fully saturated rings. The molecule has 0 unspecified atom stereocenters. The number of carbonyl (C=O) groups is 2. The molecule has 180 valence electrons. The monoisotopic (exact) mass is 508 g/mol. The number of halogens is 4. The number of alkyl halides is 3. The van der Waals surface area contributed by atoms with Crippen LogP contribution in [0.4, 0.5) is 36.3 Å². The lowest BCUT2D eigenvalue weighted by Crippen LogP contribution is -2.34. The van der Waals surface area contributed by atoms with E-state index in [9.17, 15) is 27.6 Å². The van der Waals surface area contributed by atoms with Crippen molar-refractivity contribution in [1.29, 1.82) is 0 Å². The van der Waals surface area contributed by atoms with Crippen LogP contribution in [0.25, 0.3) is 11.1 Å². The number of amides is 1. The second-order valence-corrected chi connectivity index (χ2v) is 7.17. The lowest BCUT2D eigenvalue weighted by atomic mass is 10.2. The van der Waals surface area contributed by atoms with Gasteiger partial charge in [-0.3, -0.25) is 9.78 Å². The van der Waals surface area contributed by atoms with Crippen molar-refractivity contribution in [3.8, 4) is 0 Å². The van der Waals surface area contributed by atoms with E-state index in [1.165, 1.54) is 35.9 Å². The van der Waals surface area contributed by atoms with Gasteiger partial charge in [0.2, 0.25) is 5.95 Å². The zero-order valence-corrected chi connectivity index (χ0v) is 17.8. The minimum Gasteiger partial charge on any atom is -0.408 e. The Labute approximate surface area is 197 Å². The maximum absolute atomic E-state index is 12.1. The highest BCUT2D eigenvalue weighted by Crippen LogP contribution is 2.26. The van der Waals surface area contributed by atoms with Crippen molar-refractivity contribution in [1.82, 2.24) is 20.4 Å². The van der Waals surface area contributed by atoms with Crippen molar-refractivity contribution in [3.05, 3.63) is 69.8 Å². The number of fused-ring (bicyclic) bond motifs is 1. The zero-order chi connectivity index (χ0) is 25.2. The van der Waals surface area contributed by atoms with Crippen molar-refractivity contribution in [2.24, 2.45) is 0 Å². The van der Waals surface area contributed by atoms with Crippen LogP contribution in [0.15, 0.2) is 57.9 Å². The van der Waals surface area contributed by atoms with Crippen molar-refractivity contribution in [3.63, 3.8) is 0 Å². The minimum absolute atomic E-state index is 0.0717. The standard InChI is InChI=1S/C20H12ClF3N6O5/c21-12-8-25-18(29-15(12)26-11-5-6-14-13(7-11)28-19(33)34-14)27-10-3-1-9(2-4-10)16(31)30-35-17(32)20(22,23)24/h1-8H,(H,28,33)(H,30,31)(H2,25,26,27,29). The molecule has 0 atom stereocenters. The van der Waals surface area contributed by atoms with Crippen molar-refractivity contribution >= 4 is 57.7 Å². The Hall–Kier alpha value is -4.59. The van der Waals surface area contributed by atoms with Gasteiger partial charge in [-0.05, 0) is 42.5 Å². The number of H-pyrrole nitrogens is 1. The van der Waals surface area contributed by atoms with E-state index in [0.717, 1.165) is 0 Å². The maximum atomic E-state index is 12.1. The number of aromatic amines is 1. The zero-order valence-electron chi connectivity index (χ0n) is 17.1. The van der Waals surface area contributed by atoms with Crippen LogP contribution in [-0.2, 0) is 9.63 Å². The highest BCUT2D eigenvalue weighted by Gasteiger charge is 2.42. The summed E-state index contributed by atoms with van der Waals surface area (Å²) in [7, 11) is 0. The third kappa shape index (κ3) is 5.67. The number of anilines is 4. The molecule has 2 heterocycles. The first kappa shape index (κ1) is 23.6. The fraction of sp³-hybridized carbons (Fsp3) is 0.0500. The molecular weight excluding hydrogens is 497 g/mol. The van der Waals surface area contributed by atoms with Crippen LogP contribution in [0.3, 0.4) is 0 Å². The first-order chi connectivity index (χ1) is 16.6. The molecule has 0 spiro atoms. The third-order valence-electron chi connectivity index (χ3n) is 4.30. The van der Waals surface area contributed by atoms with Gasteiger partial charge in [0.1, 0.15) is 5.02 Å². The number of carbonyl (C=O) groups excluding carboxylic acids is 2. The summed E-state index contributed by atoms with van der Waals surface area (Å²) in [5.41, 5.74) is 3.19. The van der Waals surface area contributed by atoms with Crippen LogP contribution >= 0.6 is 11.6 Å². The largest absolute Gasteiger partial charge is 0.493 e. The topological polar surface area (TPSA) is 151 Å². The van der Waals surface area contributed by atoms with E-state index in [1.807, 2.05) is 0 Å². The molecule has 0 saturated carbocycles. The molecule has 2 aromatic heterocycles. The molecule has 4 rings (SSSR count). The Morgan fingerprint density at radius 2 is 1.77 bits per heavy atom. The number of benzene rings is 2. The molecule has 2 aromatic carbocycles. The number of hydrogen-bond donors (Lipinski definition) is 4. The molecule has 0 saturated heterocycles. The van der Waals surface area contributed by atoms with Crippen LogP contribution in [0.2, 0.25) is 5.02 Å². The normalized spacial score (nSPS) is 11.2. The number of nitrogens with one attached hydrogen (secondary N) is 4. The summed E-state index contributed by atoms with van der Waals surface area (Å²) in [6.07, 6.45) is -3.90. The second kappa shape index (κ2) is 9.34. The van der Waals surface area contributed by atoms with Crippen molar-refractivity contribution in [2.45, 2.75) is 6.18 Å². The number of oxazole rings is 1. The number of rotatable bonds is 5. The average molecular weight is 509 g/mol. The Morgan fingerprint density at radius 3 is 2.49 bits per heavy atom. The van der Waals surface area contributed by atoms with Crippen molar-refractivity contribution in [2.75, 3.05) is 10.6 Å². The molecule has 0 aliphatic carbocycles. The van der Waals surface area contributed by atoms with Gasteiger partial charge >= 0.3 is 17.9 Å². The van der Waals surface area contributed by atoms with Gasteiger partial charge in [0.05, 0.1) is 11.7 Å². The summed E-state index contributed by atoms with van der Waals surface area (Å²) >= 11 is 6.16. The predicted molar refractivity (Wildman–Crippen MR) is 116 cm³/mol. The smallest absolute Gasteiger partial charge is 0.408 e. The number of aromatic nitrogens is 3. The summed E-state index contributed by atoms with van der Waals surface area (Å²) in [5.74, 6) is -3.82. The van der Waals surface area contributed by atoms with Crippen LogP contribution in [0, 0.1) is 0 Å². The summed E-state index contributed by atoms with van der Waals surface area (Å²) in [5, 5.41) is 6.08. The number of hydroxylamine groups is 1. The first-order valence-electron chi connectivity index (χ1n) is 9.46. The van der Waals surface area contributed by atoms with Crippen molar-refractivity contribution < 1.29 is 32.0 Å². The van der Waals surface area contributed by atoms with Gasteiger partial charge in [0, 0.05) is 16.9 Å². The van der Waals surface area contributed by atoms with Crippen LogP contribution < -0.4 is 21.9 Å². The van der Waals surface area contributed by atoms with Gasteiger partial charge in [-0.1, -0.05) is 11.6 Å². The Balaban J connectivity index is 1.42. The molecule has 35 heavy (non-hydrogen) atoms. The molecule has 0 aliphatic heterocycles. The van der Waals surface area contributed by atoms with Crippen LogP contribution in [-0.4, -0.2) is 33.0 Å². The van der Waals surface area contributed by atoms with E-state index in [0.29, 0.717) is 22.5 Å². The lowest BCUT2D eigenvalue weighted by molar-refractivity contribution is -0.204. The summed E-state index contributed by atoms with van der Waals surface area (Å²) in [6.45, 7) is 0. The van der Waals surface area contributed by atoms with E-state index < -0.39 is 23.8 Å². The summed E-state index contributed by atoms with van der Waals surface area (Å²) in [6, 6.07) is 10.3. The highest BCUT2D eigenvalue weighted by molar-refractivity contribution is 6.32. The van der Waals surface area contributed by atoms with Crippen LogP contribution in [0.5, 0.6) is 0 Å². The molecule has 0 aliphatic rings. The first-order valence-corrected chi connectivity index (χ1v) is 9.84. The molecule has 11 nitrogen and oxygen atoms in total. The number of nitrogens with zero attached hydrogens (tertiary/aromatic N) is 2. The van der Waals surface area contributed by atoms with E-state index in [-0.39, 0.29) is 22.4 Å². The van der Waals surface area contributed by atoms with Gasteiger partial charge in [-0.2, -0.15) is 23.6 Å². The Morgan fingerprint density at radius 1 is 1.06 bits per heavy atom. The van der Waals surface area contributed by atoms with Gasteiger partial charge in [0.25, 0.3) is 5.91 Å². The quantitative estimate of drug-likeness (QED) is 0.295. The minimum atomic E-state index is -5.24. The highest BCUT2D eigenvalue weighted by atomic mass is 35.5. The second-order valence-electron chi connectivity index (χ2n) is 6.76.